The van der Waals surface area contributed by atoms with E-state index >= 15 is 0 Å². The van der Waals surface area contributed by atoms with Gasteiger partial charge < -0.3 is 20.5 Å². The molecular weight excluding hydrogens is 448 g/mol. The molecule has 0 aliphatic heterocycles. The molecule has 1 aromatic heterocycles. The number of fused-ring (bicyclic) bond motifs is 1. The van der Waals surface area contributed by atoms with Crippen LogP contribution in [-0.4, -0.2) is 41.8 Å². The fourth-order valence-electron chi connectivity index (χ4n) is 4.29. The first kappa shape index (κ1) is 24.3. The van der Waals surface area contributed by atoms with Crippen molar-refractivity contribution >= 4 is 34.3 Å². The van der Waals surface area contributed by atoms with E-state index < -0.39 is 6.04 Å². The average Bonchev–Trinajstić information content (AvgIpc) is 3.57. The minimum Gasteiger partial charge on any atom is -0.350 e. The summed E-state index contributed by atoms with van der Waals surface area (Å²) in [5.41, 5.74) is 4.27. The van der Waals surface area contributed by atoms with Crippen LogP contribution in [0, 0.1) is 12.8 Å². The number of rotatable bonds is 10. The third-order valence-electron chi connectivity index (χ3n) is 6.44. The third-order valence-corrected chi connectivity index (χ3v) is 6.76. The van der Waals surface area contributed by atoms with Crippen molar-refractivity contribution in [3.8, 4) is 0 Å². The number of hydrogen-bond donors (Lipinski definition) is 3. The van der Waals surface area contributed by atoms with E-state index in [-0.39, 0.29) is 11.8 Å². The number of H-pyrrole nitrogens is 1. The maximum atomic E-state index is 13.2. The number of amides is 2. The zero-order valence-electron chi connectivity index (χ0n) is 20.1. The first-order chi connectivity index (χ1) is 16.3. The van der Waals surface area contributed by atoms with Crippen LogP contribution in [0.3, 0.4) is 0 Å². The summed E-state index contributed by atoms with van der Waals surface area (Å²) in [6.07, 6.45) is 3.99. The maximum absolute atomic E-state index is 13.2. The van der Waals surface area contributed by atoms with Crippen molar-refractivity contribution < 1.29 is 9.59 Å². The van der Waals surface area contributed by atoms with Gasteiger partial charge in [-0.1, -0.05) is 60.8 Å². The minimum absolute atomic E-state index is 0.154. The Kier molecular flexibility index (Phi) is 7.59. The van der Waals surface area contributed by atoms with Crippen LogP contribution in [0.4, 0.5) is 0 Å². The largest absolute Gasteiger partial charge is 0.350 e. The lowest BCUT2D eigenvalue weighted by molar-refractivity contribution is -0.123. The number of carbonyl (C=O) groups is 2. The number of carbonyl (C=O) groups excluding carboxylic acids is 2. The monoisotopic (exact) mass is 480 g/mol. The van der Waals surface area contributed by atoms with Gasteiger partial charge in [0.25, 0.3) is 5.91 Å². The molecule has 0 radical (unpaired) electrons. The zero-order valence-corrected chi connectivity index (χ0v) is 20.8. The molecule has 1 aliphatic rings. The van der Waals surface area contributed by atoms with E-state index in [1.54, 1.807) is 6.07 Å². The van der Waals surface area contributed by atoms with Crippen molar-refractivity contribution in [1.29, 1.82) is 0 Å². The SMILES string of the molecule is Cc1c(C(=O)NC(CCC2CC2)C(=O)NCc2ccc(CN(C)C)cc2)[nH]c2c(Cl)cccc12. The van der Waals surface area contributed by atoms with E-state index in [0.29, 0.717) is 29.6 Å². The van der Waals surface area contributed by atoms with Crippen molar-refractivity contribution in [1.82, 2.24) is 20.5 Å². The van der Waals surface area contributed by atoms with Gasteiger partial charge in [-0.25, -0.2) is 0 Å². The van der Waals surface area contributed by atoms with E-state index in [9.17, 15) is 9.59 Å². The lowest BCUT2D eigenvalue weighted by Crippen LogP contribution is -2.46. The molecule has 34 heavy (non-hydrogen) atoms. The van der Waals surface area contributed by atoms with Gasteiger partial charge in [0.15, 0.2) is 0 Å². The number of aromatic nitrogens is 1. The molecule has 0 bridgehead atoms. The number of aromatic amines is 1. The molecule has 0 spiro atoms. The quantitative estimate of drug-likeness (QED) is 0.390. The maximum Gasteiger partial charge on any atom is 0.268 e. The Hall–Kier alpha value is -2.83. The molecule has 1 fully saturated rings. The van der Waals surface area contributed by atoms with Crippen molar-refractivity contribution in [2.24, 2.45) is 5.92 Å². The van der Waals surface area contributed by atoms with Crippen molar-refractivity contribution in [2.75, 3.05) is 14.1 Å². The van der Waals surface area contributed by atoms with E-state index in [1.165, 1.54) is 18.4 Å². The molecule has 1 atom stereocenters. The molecule has 2 aromatic carbocycles. The van der Waals surface area contributed by atoms with Gasteiger partial charge in [0.1, 0.15) is 11.7 Å². The van der Waals surface area contributed by atoms with E-state index in [4.69, 9.17) is 11.6 Å². The van der Waals surface area contributed by atoms with Crippen LogP contribution >= 0.6 is 11.6 Å². The highest BCUT2D eigenvalue weighted by atomic mass is 35.5. The fraction of sp³-hybridized carbons (Fsp3) is 0.407. The van der Waals surface area contributed by atoms with Crippen molar-refractivity contribution in [2.45, 2.75) is 51.7 Å². The number of hydrogen-bond acceptors (Lipinski definition) is 3. The second-order valence-corrected chi connectivity index (χ2v) is 10.0. The second kappa shape index (κ2) is 10.6. The van der Waals surface area contributed by atoms with E-state index in [2.05, 4.69) is 32.7 Å². The molecule has 3 N–H and O–H groups in total. The van der Waals surface area contributed by atoms with Gasteiger partial charge in [-0.2, -0.15) is 0 Å². The molecule has 6 nitrogen and oxygen atoms in total. The second-order valence-electron chi connectivity index (χ2n) is 9.61. The van der Waals surface area contributed by atoms with Gasteiger partial charge >= 0.3 is 0 Å². The number of nitrogens with one attached hydrogen (secondary N) is 3. The Balaban J connectivity index is 1.42. The normalized spacial score (nSPS) is 14.4. The number of para-hydroxylation sites is 1. The highest BCUT2D eigenvalue weighted by molar-refractivity contribution is 6.35. The van der Waals surface area contributed by atoms with Crippen LogP contribution in [0.25, 0.3) is 10.9 Å². The van der Waals surface area contributed by atoms with Gasteiger partial charge in [-0.05, 0) is 62.5 Å². The summed E-state index contributed by atoms with van der Waals surface area (Å²) in [4.78, 5) is 31.5. The first-order valence-corrected chi connectivity index (χ1v) is 12.3. The van der Waals surface area contributed by atoms with Crippen LogP contribution < -0.4 is 10.6 Å². The standard InChI is InChI=1S/C27H33ClN4O2/c1-17-21-5-4-6-22(28)25(21)31-24(17)27(34)30-23(14-13-18-7-8-18)26(33)29-15-19-9-11-20(12-10-19)16-32(2)3/h4-6,9-12,18,23,31H,7-8,13-16H2,1-3H3,(H,29,33)(H,30,34). The summed E-state index contributed by atoms with van der Waals surface area (Å²) in [5, 5.41) is 7.47. The van der Waals surface area contributed by atoms with Crippen molar-refractivity contribution in [3.63, 3.8) is 0 Å². The number of benzene rings is 2. The lowest BCUT2D eigenvalue weighted by atomic mass is 10.1. The van der Waals surface area contributed by atoms with E-state index in [0.717, 1.165) is 35.0 Å². The summed E-state index contributed by atoms with van der Waals surface area (Å²) in [7, 11) is 4.08. The Labute approximate surface area is 206 Å². The van der Waals surface area contributed by atoms with Crippen molar-refractivity contribution in [3.05, 3.63) is 69.9 Å². The average molecular weight is 481 g/mol. The number of aryl methyl sites for hydroxylation is 1. The summed E-state index contributed by atoms with van der Waals surface area (Å²) < 4.78 is 0. The van der Waals surface area contributed by atoms with Gasteiger partial charge in [-0.3, -0.25) is 9.59 Å². The zero-order chi connectivity index (χ0) is 24.2. The molecule has 4 rings (SSSR count). The summed E-state index contributed by atoms with van der Waals surface area (Å²) in [6.45, 7) is 3.20. The lowest BCUT2D eigenvalue weighted by Gasteiger charge is -2.19. The Morgan fingerprint density at radius 3 is 2.47 bits per heavy atom. The molecule has 7 heteroatoms. The molecule has 1 unspecified atom stereocenters. The first-order valence-electron chi connectivity index (χ1n) is 11.9. The Bertz CT molecular complexity index is 1170. The highest BCUT2D eigenvalue weighted by Gasteiger charge is 2.28. The molecule has 3 aromatic rings. The molecule has 1 saturated carbocycles. The highest BCUT2D eigenvalue weighted by Crippen LogP contribution is 2.34. The Morgan fingerprint density at radius 2 is 1.82 bits per heavy atom. The van der Waals surface area contributed by atoms with Crippen LogP contribution in [0.5, 0.6) is 0 Å². The third kappa shape index (κ3) is 5.99. The smallest absolute Gasteiger partial charge is 0.268 e. The minimum atomic E-state index is -0.581. The van der Waals surface area contributed by atoms with Crippen LogP contribution in [0.2, 0.25) is 5.02 Å². The topological polar surface area (TPSA) is 77.2 Å². The Morgan fingerprint density at radius 1 is 1.12 bits per heavy atom. The van der Waals surface area contributed by atoms with Gasteiger partial charge in [0.2, 0.25) is 5.91 Å². The van der Waals surface area contributed by atoms with Crippen LogP contribution in [0.1, 0.15) is 52.9 Å². The van der Waals surface area contributed by atoms with Gasteiger partial charge in [0.05, 0.1) is 10.5 Å². The van der Waals surface area contributed by atoms with Gasteiger partial charge in [0, 0.05) is 18.5 Å². The molecule has 180 valence electrons. The molecule has 1 aliphatic carbocycles. The number of halogens is 1. The summed E-state index contributed by atoms with van der Waals surface area (Å²) in [6, 6.07) is 13.2. The fourth-order valence-corrected chi connectivity index (χ4v) is 4.51. The van der Waals surface area contributed by atoms with E-state index in [1.807, 2.05) is 45.3 Å². The summed E-state index contributed by atoms with van der Waals surface area (Å²) in [5.74, 6) is 0.233. The van der Waals surface area contributed by atoms with Gasteiger partial charge in [-0.15, -0.1) is 0 Å². The molecule has 1 heterocycles. The molecular formula is C27H33ClN4O2. The number of nitrogens with zero attached hydrogens (tertiary/aromatic N) is 1. The predicted molar refractivity (Wildman–Crippen MR) is 137 cm³/mol. The van der Waals surface area contributed by atoms with Crippen LogP contribution in [-0.2, 0) is 17.9 Å². The predicted octanol–water partition coefficient (Wildman–Crippen LogP) is 4.80. The molecule has 2 amide bonds. The molecule has 0 saturated heterocycles. The summed E-state index contributed by atoms with van der Waals surface area (Å²) >= 11 is 6.30. The van der Waals surface area contributed by atoms with Crippen LogP contribution in [0.15, 0.2) is 42.5 Å².